The molecule has 0 spiro atoms. The lowest BCUT2D eigenvalue weighted by atomic mass is 10.1. The van der Waals surface area contributed by atoms with E-state index in [4.69, 9.17) is 4.98 Å². The summed E-state index contributed by atoms with van der Waals surface area (Å²) >= 11 is 1.62. The Bertz CT molecular complexity index is 1230. The summed E-state index contributed by atoms with van der Waals surface area (Å²) in [6.45, 7) is 7.28. The zero-order chi connectivity index (χ0) is 21.1. The van der Waals surface area contributed by atoms with Gasteiger partial charge in [-0.2, -0.15) is 5.10 Å². The quantitative estimate of drug-likeness (QED) is 0.321. The maximum absolute atomic E-state index is 13.5. The van der Waals surface area contributed by atoms with Crippen molar-refractivity contribution >= 4 is 22.8 Å². The minimum atomic E-state index is -0.00864. The fourth-order valence-electron chi connectivity index (χ4n) is 3.62. The third-order valence-electron chi connectivity index (χ3n) is 5.37. The molecule has 6 heteroatoms. The van der Waals surface area contributed by atoms with Crippen molar-refractivity contribution in [2.75, 3.05) is 0 Å². The fraction of sp³-hybridized carbons (Fsp3) is 0.292. The van der Waals surface area contributed by atoms with Crippen molar-refractivity contribution in [2.24, 2.45) is 0 Å². The number of fused-ring (bicyclic) bond motifs is 1. The highest BCUT2D eigenvalue weighted by atomic mass is 32.2. The average molecular weight is 419 g/mol. The Morgan fingerprint density at radius 1 is 1.00 bits per heavy atom. The van der Waals surface area contributed by atoms with Gasteiger partial charge in [-0.15, -0.1) is 0 Å². The van der Waals surface area contributed by atoms with E-state index in [1.165, 1.54) is 16.7 Å². The SMILES string of the molecule is CCn1nc(C)c2nc(SCc3ccccc3C)n(CCc3ccccc3)c(=O)c21. The van der Waals surface area contributed by atoms with E-state index in [-0.39, 0.29) is 5.56 Å². The van der Waals surface area contributed by atoms with E-state index in [0.717, 1.165) is 23.0 Å². The van der Waals surface area contributed by atoms with Crippen LogP contribution in [0.3, 0.4) is 0 Å². The van der Waals surface area contributed by atoms with E-state index in [9.17, 15) is 4.79 Å². The highest BCUT2D eigenvalue weighted by molar-refractivity contribution is 7.98. The molecule has 0 atom stereocenters. The topological polar surface area (TPSA) is 52.7 Å². The molecule has 30 heavy (non-hydrogen) atoms. The first-order chi connectivity index (χ1) is 14.6. The van der Waals surface area contributed by atoms with Crippen molar-refractivity contribution in [3.8, 4) is 0 Å². The summed E-state index contributed by atoms with van der Waals surface area (Å²) in [4.78, 5) is 18.4. The molecule has 0 saturated carbocycles. The second kappa shape index (κ2) is 8.88. The van der Waals surface area contributed by atoms with Crippen LogP contribution in [0.5, 0.6) is 0 Å². The standard InChI is InChI=1S/C24H26N4OS/c1-4-28-22-21(18(3)26-28)25-24(30-16-20-13-9-8-10-17(20)2)27(23(22)29)15-14-19-11-6-5-7-12-19/h5-13H,4,14-16H2,1-3H3. The number of aryl methyl sites for hydroxylation is 4. The van der Waals surface area contributed by atoms with E-state index < -0.39 is 0 Å². The Morgan fingerprint density at radius 3 is 2.47 bits per heavy atom. The lowest BCUT2D eigenvalue weighted by Gasteiger charge is -2.13. The van der Waals surface area contributed by atoms with Crippen LogP contribution in [0.1, 0.15) is 29.3 Å². The van der Waals surface area contributed by atoms with Gasteiger partial charge in [0.2, 0.25) is 0 Å². The van der Waals surface area contributed by atoms with Gasteiger partial charge in [-0.25, -0.2) is 4.98 Å². The van der Waals surface area contributed by atoms with Gasteiger partial charge in [0, 0.05) is 18.8 Å². The molecule has 5 nitrogen and oxygen atoms in total. The number of aromatic nitrogens is 4. The fourth-order valence-corrected chi connectivity index (χ4v) is 4.72. The highest BCUT2D eigenvalue weighted by Crippen LogP contribution is 2.25. The van der Waals surface area contributed by atoms with E-state index >= 15 is 0 Å². The van der Waals surface area contributed by atoms with Gasteiger partial charge in [0.1, 0.15) is 5.52 Å². The number of hydrogen-bond acceptors (Lipinski definition) is 4. The predicted octanol–water partition coefficient (Wildman–Crippen LogP) is 4.76. The van der Waals surface area contributed by atoms with Crippen molar-refractivity contribution in [3.05, 3.63) is 87.3 Å². The molecular formula is C24H26N4OS. The summed E-state index contributed by atoms with van der Waals surface area (Å²) in [6, 6.07) is 18.6. The maximum atomic E-state index is 13.5. The molecule has 154 valence electrons. The third kappa shape index (κ3) is 4.05. The molecule has 0 N–H and O–H groups in total. The highest BCUT2D eigenvalue weighted by Gasteiger charge is 2.18. The van der Waals surface area contributed by atoms with Gasteiger partial charge in [-0.3, -0.25) is 14.0 Å². The number of benzene rings is 2. The van der Waals surface area contributed by atoms with E-state index in [0.29, 0.717) is 24.1 Å². The van der Waals surface area contributed by atoms with E-state index in [1.54, 1.807) is 16.4 Å². The molecule has 0 bridgehead atoms. The van der Waals surface area contributed by atoms with Crippen LogP contribution in [0.25, 0.3) is 11.0 Å². The molecule has 4 aromatic rings. The molecule has 2 aromatic heterocycles. The minimum Gasteiger partial charge on any atom is -0.285 e. The van der Waals surface area contributed by atoms with Crippen LogP contribution in [-0.2, 0) is 25.3 Å². The monoisotopic (exact) mass is 418 g/mol. The van der Waals surface area contributed by atoms with E-state index in [1.807, 2.05) is 42.7 Å². The van der Waals surface area contributed by atoms with Crippen LogP contribution >= 0.6 is 11.8 Å². The third-order valence-corrected chi connectivity index (χ3v) is 6.39. The summed E-state index contributed by atoms with van der Waals surface area (Å²) in [5, 5.41) is 5.29. The Kier molecular flexibility index (Phi) is 6.04. The average Bonchev–Trinajstić information content (AvgIpc) is 3.09. The molecule has 0 aliphatic rings. The molecule has 0 unspecified atom stereocenters. The van der Waals surface area contributed by atoms with Gasteiger partial charge in [0.25, 0.3) is 5.56 Å². The lowest BCUT2D eigenvalue weighted by molar-refractivity contribution is 0.587. The molecule has 2 aromatic carbocycles. The maximum Gasteiger partial charge on any atom is 0.280 e. The Morgan fingerprint density at radius 2 is 1.73 bits per heavy atom. The number of nitrogens with zero attached hydrogens (tertiary/aromatic N) is 4. The van der Waals surface area contributed by atoms with Crippen molar-refractivity contribution < 1.29 is 0 Å². The Labute approximate surface area is 180 Å². The van der Waals surface area contributed by atoms with Crippen LogP contribution in [-0.4, -0.2) is 19.3 Å². The van der Waals surface area contributed by atoms with Crippen LogP contribution in [0.2, 0.25) is 0 Å². The van der Waals surface area contributed by atoms with Gasteiger partial charge >= 0.3 is 0 Å². The van der Waals surface area contributed by atoms with Crippen molar-refractivity contribution in [2.45, 2.75) is 51.2 Å². The van der Waals surface area contributed by atoms with Gasteiger partial charge in [-0.05, 0) is 43.9 Å². The second-order valence-electron chi connectivity index (χ2n) is 7.40. The molecular weight excluding hydrogens is 392 g/mol. The molecule has 0 radical (unpaired) electrons. The summed E-state index contributed by atoms with van der Waals surface area (Å²) in [6.07, 6.45) is 0.783. The Hall–Kier alpha value is -2.86. The van der Waals surface area contributed by atoms with Crippen molar-refractivity contribution in [1.82, 2.24) is 19.3 Å². The molecule has 4 rings (SSSR count). The molecule has 0 saturated heterocycles. The number of rotatable bonds is 7. The van der Waals surface area contributed by atoms with Crippen LogP contribution in [0.4, 0.5) is 0 Å². The Balaban J connectivity index is 1.75. The summed E-state index contributed by atoms with van der Waals surface area (Å²) in [5.41, 5.74) is 5.82. The smallest absolute Gasteiger partial charge is 0.280 e. The van der Waals surface area contributed by atoms with Gasteiger partial charge in [0.05, 0.1) is 5.69 Å². The second-order valence-corrected chi connectivity index (χ2v) is 8.34. The first kappa shape index (κ1) is 20.4. The summed E-state index contributed by atoms with van der Waals surface area (Å²) in [5.74, 6) is 0.775. The molecule has 2 heterocycles. The largest absolute Gasteiger partial charge is 0.285 e. The number of thioether (sulfide) groups is 1. The summed E-state index contributed by atoms with van der Waals surface area (Å²) in [7, 11) is 0. The molecule has 0 aliphatic carbocycles. The lowest BCUT2D eigenvalue weighted by Crippen LogP contribution is -2.26. The zero-order valence-corrected chi connectivity index (χ0v) is 18.4. The van der Waals surface area contributed by atoms with Crippen LogP contribution in [0.15, 0.2) is 64.5 Å². The van der Waals surface area contributed by atoms with Crippen molar-refractivity contribution in [3.63, 3.8) is 0 Å². The minimum absolute atomic E-state index is 0.00864. The first-order valence-electron chi connectivity index (χ1n) is 10.3. The van der Waals surface area contributed by atoms with Gasteiger partial charge in [0.15, 0.2) is 10.7 Å². The normalized spacial score (nSPS) is 11.3. The predicted molar refractivity (Wildman–Crippen MR) is 123 cm³/mol. The van der Waals surface area contributed by atoms with Crippen LogP contribution in [0, 0.1) is 13.8 Å². The first-order valence-corrected chi connectivity index (χ1v) is 11.3. The van der Waals surface area contributed by atoms with E-state index in [2.05, 4.69) is 42.4 Å². The van der Waals surface area contributed by atoms with Gasteiger partial charge < -0.3 is 0 Å². The van der Waals surface area contributed by atoms with Crippen molar-refractivity contribution in [1.29, 1.82) is 0 Å². The summed E-state index contributed by atoms with van der Waals surface area (Å²) < 4.78 is 3.60. The molecule has 0 fully saturated rings. The van der Waals surface area contributed by atoms with Crippen LogP contribution < -0.4 is 5.56 Å². The zero-order valence-electron chi connectivity index (χ0n) is 17.6. The molecule has 0 amide bonds. The number of hydrogen-bond donors (Lipinski definition) is 0. The van der Waals surface area contributed by atoms with Gasteiger partial charge in [-0.1, -0.05) is 66.4 Å². The molecule has 0 aliphatic heterocycles.